The predicted octanol–water partition coefficient (Wildman–Crippen LogP) is 3.88. The highest BCUT2D eigenvalue weighted by Crippen LogP contribution is 2.37. The van der Waals surface area contributed by atoms with Crippen molar-refractivity contribution >= 4 is 29.2 Å². The number of amides is 2. The van der Waals surface area contributed by atoms with E-state index in [9.17, 15) is 14.4 Å². The van der Waals surface area contributed by atoms with Crippen LogP contribution in [0.5, 0.6) is 5.75 Å². The molecule has 31 heavy (non-hydrogen) atoms. The fourth-order valence-corrected chi connectivity index (χ4v) is 3.54. The second kappa shape index (κ2) is 8.79. The van der Waals surface area contributed by atoms with Crippen LogP contribution in [0.15, 0.2) is 48.5 Å². The first-order valence-electron chi connectivity index (χ1n) is 10.3. The molecule has 0 fully saturated rings. The number of nitrogens with one attached hydrogen (secondary N) is 1. The van der Waals surface area contributed by atoms with Crippen LogP contribution >= 0.6 is 0 Å². The largest absolute Gasteiger partial charge is 0.482 e. The molecule has 0 saturated carbocycles. The van der Waals surface area contributed by atoms with E-state index in [2.05, 4.69) is 5.32 Å². The molecule has 2 aromatic rings. The highest BCUT2D eigenvalue weighted by Gasteiger charge is 2.45. The van der Waals surface area contributed by atoms with Crippen molar-refractivity contribution in [2.24, 2.45) is 0 Å². The molecule has 164 valence electrons. The molecule has 1 aliphatic heterocycles. The van der Waals surface area contributed by atoms with Gasteiger partial charge in [-0.2, -0.15) is 0 Å². The first-order chi connectivity index (χ1) is 14.6. The van der Waals surface area contributed by atoms with E-state index in [0.717, 1.165) is 5.56 Å². The van der Waals surface area contributed by atoms with E-state index in [0.29, 0.717) is 17.1 Å². The molecule has 1 aliphatic rings. The van der Waals surface area contributed by atoms with Gasteiger partial charge in [-0.05, 0) is 50.5 Å². The van der Waals surface area contributed by atoms with Crippen LogP contribution in [0.4, 0.5) is 11.4 Å². The normalized spacial score (nSPS) is 15.7. The third-order valence-electron chi connectivity index (χ3n) is 5.27. The minimum Gasteiger partial charge on any atom is -0.482 e. The van der Waals surface area contributed by atoms with Crippen LogP contribution in [-0.4, -0.2) is 36.0 Å². The van der Waals surface area contributed by atoms with Gasteiger partial charge in [0, 0.05) is 0 Å². The summed E-state index contributed by atoms with van der Waals surface area (Å²) < 4.78 is 11.0. The Labute approximate surface area is 182 Å². The summed E-state index contributed by atoms with van der Waals surface area (Å²) in [6.07, 6.45) is -1.09. The van der Waals surface area contributed by atoms with E-state index in [1.807, 2.05) is 32.0 Å². The van der Waals surface area contributed by atoms with Gasteiger partial charge in [-0.25, -0.2) is 4.79 Å². The van der Waals surface area contributed by atoms with Crippen LogP contribution in [0.25, 0.3) is 0 Å². The van der Waals surface area contributed by atoms with Crippen molar-refractivity contribution in [3.63, 3.8) is 0 Å². The van der Waals surface area contributed by atoms with E-state index in [4.69, 9.17) is 9.47 Å². The van der Waals surface area contributed by atoms with E-state index >= 15 is 0 Å². The smallest absolute Gasteiger partial charge is 0.344 e. The standard InChI is InChI=1S/C24H28N2O5/c1-15(2)17-10-6-9-13-20(17)30-14-21(27)31-16(3)22(28)26-19-12-8-7-11-18(19)25-23(29)24(26,4)5/h6-13,15-16H,14H2,1-5H3,(H,25,29)/t16-/m1/s1. The number of nitrogens with zero attached hydrogens (tertiary/aromatic N) is 1. The molecule has 7 heteroatoms. The number of carbonyl (C=O) groups is 3. The van der Waals surface area contributed by atoms with Gasteiger partial charge in [0.25, 0.3) is 5.91 Å². The van der Waals surface area contributed by atoms with Gasteiger partial charge in [0.2, 0.25) is 5.91 Å². The summed E-state index contributed by atoms with van der Waals surface area (Å²) in [4.78, 5) is 39.5. The zero-order chi connectivity index (χ0) is 22.8. The molecule has 1 atom stereocenters. The van der Waals surface area contributed by atoms with E-state index < -0.39 is 23.5 Å². The van der Waals surface area contributed by atoms with Gasteiger partial charge in [0.15, 0.2) is 12.7 Å². The van der Waals surface area contributed by atoms with Gasteiger partial charge in [-0.3, -0.25) is 14.5 Å². The number of anilines is 2. The van der Waals surface area contributed by atoms with Crippen molar-refractivity contribution in [3.05, 3.63) is 54.1 Å². The highest BCUT2D eigenvalue weighted by molar-refractivity contribution is 6.15. The molecule has 2 aromatic carbocycles. The van der Waals surface area contributed by atoms with Crippen molar-refractivity contribution in [2.75, 3.05) is 16.8 Å². The van der Waals surface area contributed by atoms with Crippen LogP contribution in [0.2, 0.25) is 0 Å². The molecule has 3 rings (SSSR count). The third-order valence-corrected chi connectivity index (χ3v) is 5.27. The Kier molecular flexibility index (Phi) is 6.34. The zero-order valence-corrected chi connectivity index (χ0v) is 18.5. The minimum absolute atomic E-state index is 0.236. The number of fused-ring (bicyclic) bond motifs is 1. The monoisotopic (exact) mass is 424 g/mol. The second-order valence-electron chi connectivity index (χ2n) is 8.32. The van der Waals surface area contributed by atoms with Gasteiger partial charge < -0.3 is 14.8 Å². The summed E-state index contributed by atoms with van der Waals surface area (Å²) in [5.74, 6) is -0.613. The number of hydrogen-bond acceptors (Lipinski definition) is 5. The lowest BCUT2D eigenvalue weighted by Gasteiger charge is -2.42. The number of carbonyl (C=O) groups excluding carboxylic acids is 3. The van der Waals surface area contributed by atoms with Crippen molar-refractivity contribution < 1.29 is 23.9 Å². The third kappa shape index (κ3) is 4.55. The Morgan fingerprint density at radius 1 is 1.03 bits per heavy atom. The Morgan fingerprint density at radius 2 is 1.68 bits per heavy atom. The maximum Gasteiger partial charge on any atom is 0.344 e. The predicted molar refractivity (Wildman–Crippen MR) is 118 cm³/mol. The molecule has 0 spiro atoms. The fraction of sp³-hybridized carbons (Fsp3) is 0.375. The minimum atomic E-state index is -1.14. The maximum atomic E-state index is 13.2. The molecule has 0 unspecified atom stereocenters. The number of rotatable bonds is 6. The quantitative estimate of drug-likeness (QED) is 0.712. The van der Waals surface area contributed by atoms with Crippen molar-refractivity contribution in [1.82, 2.24) is 0 Å². The van der Waals surface area contributed by atoms with Crippen LogP contribution in [0.1, 0.15) is 46.1 Å². The number of benzene rings is 2. The molecular weight excluding hydrogens is 396 g/mol. The number of para-hydroxylation sites is 3. The molecule has 2 amide bonds. The summed E-state index contributed by atoms with van der Waals surface area (Å²) in [6, 6.07) is 14.5. The van der Waals surface area contributed by atoms with Gasteiger partial charge in [-0.1, -0.05) is 44.2 Å². The summed E-state index contributed by atoms with van der Waals surface area (Å²) >= 11 is 0. The van der Waals surface area contributed by atoms with E-state index in [1.54, 1.807) is 44.2 Å². The number of hydrogen-bond donors (Lipinski definition) is 1. The molecule has 1 heterocycles. The summed E-state index contributed by atoms with van der Waals surface area (Å²) in [5.41, 5.74) is 0.935. The Bertz CT molecular complexity index is 999. The van der Waals surface area contributed by atoms with Gasteiger partial charge in [0.1, 0.15) is 11.3 Å². The summed E-state index contributed by atoms with van der Waals surface area (Å²) in [7, 11) is 0. The van der Waals surface area contributed by atoms with Crippen molar-refractivity contribution in [1.29, 1.82) is 0 Å². The van der Waals surface area contributed by atoms with Gasteiger partial charge >= 0.3 is 5.97 Å². The molecule has 0 aromatic heterocycles. The fourth-order valence-electron chi connectivity index (χ4n) is 3.54. The molecule has 0 aliphatic carbocycles. The number of ether oxygens (including phenoxy) is 2. The molecule has 7 nitrogen and oxygen atoms in total. The van der Waals surface area contributed by atoms with Crippen molar-refractivity contribution in [3.8, 4) is 5.75 Å². The SMILES string of the molecule is CC(C)c1ccccc1OCC(=O)O[C@H](C)C(=O)N1c2ccccc2NC(=O)C1(C)C. The van der Waals surface area contributed by atoms with Crippen LogP contribution in [-0.2, 0) is 19.1 Å². The molecule has 0 bridgehead atoms. The average molecular weight is 424 g/mol. The first kappa shape index (κ1) is 22.3. The van der Waals surface area contributed by atoms with Crippen LogP contribution in [0.3, 0.4) is 0 Å². The van der Waals surface area contributed by atoms with Crippen molar-refractivity contribution in [2.45, 2.75) is 52.2 Å². The zero-order valence-electron chi connectivity index (χ0n) is 18.5. The molecular formula is C24H28N2O5. The summed E-state index contributed by atoms with van der Waals surface area (Å²) in [5, 5.41) is 2.81. The van der Waals surface area contributed by atoms with Crippen LogP contribution in [0, 0.1) is 0 Å². The lowest BCUT2D eigenvalue weighted by atomic mass is 9.95. The van der Waals surface area contributed by atoms with Gasteiger partial charge in [-0.15, -0.1) is 0 Å². The van der Waals surface area contributed by atoms with Crippen LogP contribution < -0.4 is 15.0 Å². The van der Waals surface area contributed by atoms with E-state index in [1.165, 1.54) is 11.8 Å². The molecule has 1 N–H and O–H groups in total. The Balaban J connectivity index is 1.70. The number of esters is 1. The lowest BCUT2D eigenvalue weighted by molar-refractivity contribution is -0.156. The second-order valence-corrected chi connectivity index (χ2v) is 8.32. The maximum absolute atomic E-state index is 13.2. The average Bonchev–Trinajstić information content (AvgIpc) is 2.72. The molecule has 0 radical (unpaired) electrons. The van der Waals surface area contributed by atoms with E-state index in [-0.39, 0.29) is 18.4 Å². The lowest BCUT2D eigenvalue weighted by Crippen LogP contribution is -2.60. The van der Waals surface area contributed by atoms with Gasteiger partial charge in [0.05, 0.1) is 11.4 Å². The summed E-state index contributed by atoms with van der Waals surface area (Å²) in [6.45, 7) is 8.55. The Hall–Kier alpha value is -3.35. The first-order valence-corrected chi connectivity index (χ1v) is 10.3. The topological polar surface area (TPSA) is 84.9 Å². The molecule has 0 saturated heterocycles. The Morgan fingerprint density at radius 3 is 2.39 bits per heavy atom. The highest BCUT2D eigenvalue weighted by atomic mass is 16.6.